The van der Waals surface area contributed by atoms with E-state index in [1.165, 1.54) is 33.5 Å². The fraction of sp³-hybridized carbons (Fsp3) is 0.364. The van der Waals surface area contributed by atoms with Crippen LogP contribution >= 0.6 is 0 Å². The second kappa shape index (κ2) is 5.68. The molecule has 0 atom stereocenters. The van der Waals surface area contributed by atoms with Crippen molar-refractivity contribution >= 4 is 11.6 Å². The molecule has 8 heteroatoms. The lowest BCUT2D eigenvalue weighted by molar-refractivity contribution is -0.167. The minimum Gasteiger partial charge on any atom is -0.493 e. The molecule has 0 saturated carbocycles. The van der Waals surface area contributed by atoms with Crippen LogP contribution in [-0.2, 0) is 4.79 Å². The molecule has 1 aromatic carbocycles. The van der Waals surface area contributed by atoms with Gasteiger partial charge in [-0.2, -0.15) is 13.2 Å². The number of hydrogen-bond donors (Lipinski definition) is 1. The van der Waals surface area contributed by atoms with Crippen LogP contribution in [0, 0.1) is 0 Å². The molecule has 5 nitrogen and oxygen atoms in total. The lowest BCUT2D eigenvalue weighted by atomic mass is 10.2. The molecule has 0 bridgehead atoms. The zero-order valence-electron chi connectivity index (χ0n) is 10.4. The Hall–Kier alpha value is -2.12. The van der Waals surface area contributed by atoms with E-state index in [0.717, 1.165) is 0 Å². The summed E-state index contributed by atoms with van der Waals surface area (Å²) < 4.78 is 51.3. The highest BCUT2D eigenvalue weighted by Gasteiger charge is 2.38. The van der Waals surface area contributed by atoms with E-state index >= 15 is 0 Å². The fourth-order valence-corrected chi connectivity index (χ4v) is 1.36. The predicted octanol–water partition coefficient (Wildman–Crippen LogP) is 2.21. The van der Waals surface area contributed by atoms with Gasteiger partial charge in [-0.25, -0.2) is 0 Å². The van der Waals surface area contributed by atoms with Crippen molar-refractivity contribution in [1.82, 2.24) is 0 Å². The van der Waals surface area contributed by atoms with Crippen LogP contribution in [0.2, 0.25) is 0 Å². The van der Waals surface area contributed by atoms with E-state index in [2.05, 4.69) is 0 Å². The Labute approximate surface area is 107 Å². The number of benzene rings is 1. The van der Waals surface area contributed by atoms with Crippen LogP contribution in [-0.4, -0.2) is 33.4 Å². The average molecular weight is 279 g/mol. The summed E-state index contributed by atoms with van der Waals surface area (Å²) in [4.78, 5) is 10.8. The van der Waals surface area contributed by atoms with Crippen molar-refractivity contribution in [2.24, 2.45) is 0 Å². The molecule has 19 heavy (non-hydrogen) atoms. The lowest BCUT2D eigenvalue weighted by Crippen LogP contribution is -2.29. The summed E-state index contributed by atoms with van der Waals surface area (Å²) in [6.45, 7) is 0. The number of hydrogen-bond acceptors (Lipinski definition) is 4. The van der Waals surface area contributed by atoms with Gasteiger partial charge in [0.2, 0.25) is 5.75 Å². The van der Waals surface area contributed by atoms with Crippen molar-refractivity contribution in [1.29, 1.82) is 0 Å². The second-order valence-corrected chi connectivity index (χ2v) is 3.37. The Morgan fingerprint density at radius 2 is 1.53 bits per heavy atom. The maximum Gasteiger partial charge on any atom is 0.471 e. The van der Waals surface area contributed by atoms with Crippen LogP contribution in [0.15, 0.2) is 12.1 Å². The number of nitrogens with one attached hydrogen (secondary N) is 1. The summed E-state index contributed by atoms with van der Waals surface area (Å²) in [6, 6.07) is 2.40. The summed E-state index contributed by atoms with van der Waals surface area (Å²) in [5.74, 6) is -1.59. The number of methoxy groups -OCH3 is 3. The van der Waals surface area contributed by atoms with E-state index in [1.807, 2.05) is 0 Å². The monoisotopic (exact) mass is 279 g/mol. The molecule has 1 rings (SSSR count). The third-order valence-corrected chi connectivity index (χ3v) is 2.18. The maximum atomic E-state index is 12.1. The van der Waals surface area contributed by atoms with Crippen molar-refractivity contribution in [2.45, 2.75) is 6.18 Å². The molecule has 0 unspecified atom stereocenters. The zero-order valence-corrected chi connectivity index (χ0v) is 10.4. The minimum atomic E-state index is -4.97. The molecule has 0 radical (unpaired) electrons. The molecule has 0 spiro atoms. The molecular weight excluding hydrogens is 267 g/mol. The Morgan fingerprint density at radius 3 is 1.84 bits per heavy atom. The smallest absolute Gasteiger partial charge is 0.471 e. The number of halogens is 3. The summed E-state index contributed by atoms with van der Waals surface area (Å²) >= 11 is 0. The summed E-state index contributed by atoms with van der Waals surface area (Å²) in [7, 11) is 3.98. The van der Waals surface area contributed by atoms with Gasteiger partial charge in [-0.3, -0.25) is 4.79 Å². The molecule has 0 aliphatic carbocycles. The van der Waals surface area contributed by atoms with E-state index < -0.39 is 12.1 Å². The third kappa shape index (κ3) is 3.43. The molecule has 0 aliphatic rings. The third-order valence-electron chi connectivity index (χ3n) is 2.18. The molecule has 106 valence electrons. The summed E-state index contributed by atoms with van der Waals surface area (Å²) in [5, 5.41) is 1.70. The van der Waals surface area contributed by atoms with Crippen LogP contribution in [0.3, 0.4) is 0 Å². The van der Waals surface area contributed by atoms with Crippen LogP contribution in [0.25, 0.3) is 0 Å². The van der Waals surface area contributed by atoms with E-state index in [0.29, 0.717) is 0 Å². The molecule has 0 fully saturated rings. The largest absolute Gasteiger partial charge is 0.493 e. The molecular formula is C11H12F3NO4. The maximum absolute atomic E-state index is 12.1. The first-order valence-electron chi connectivity index (χ1n) is 5.01. The quantitative estimate of drug-likeness (QED) is 0.918. The van der Waals surface area contributed by atoms with Gasteiger partial charge in [-0.05, 0) is 0 Å². The Bertz CT molecular complexity index is 448. The van der Waals surface area contributed by atoms with Crippen molar-refractivity contribution in [2.75, 3.05) is 26.6 Å². The van der Waals surface area contributed by atoms with Gasteiger partial charge in [0, 0.05) is 17.8 Å². The number of carbonyl (C=O) groups excluding carboxylic acids is 1. The summed E-state index contributed by atoms with van der Waals surface area (Å²) in [5.41, 5.74) is -0.114. The van der Waals surface area contributed by atoms with Crippen LogP contribution < -0.4 is 19.5 Å². The number of alkyl halides is 3. The van der Waals surface area contributed by atoms with Gasteiger partial charge in [0.1, 0.15) is 0 Å². The predicted molar refractivity (Wildman–Crippen MR) is 60.8 cm³/mol. The van der Waals surface area contributed by atoms with Crippen molar-refractivity contribution in [3.05, 3.63) is 12.1 Å². The molecule has 0 aromatic heterocycles. The second-order valence-electron chi connectivity index (χ2n) is 3.37. The number of amides is 1. The molecule has 1 N–H and O–H groups in total. The zero-order chi connectivity index (χ0) is 14.6. The van der Waals surface area contributed by atoms with E-state index in [9.17, 15) is 18.0 Å². The number of anilines is 1. The first-order valence-corrected chi connectivity index (χ1v) is 5.01. The Balaban J connectivity index is 3.13. The first kappa shape index (κ1) is 14.9. The number of rotatable bonds is 4. The topological polar surface area (TPSA) is 56.8 Å². The van der Waals surface area contributed by atoms with Gasteiger partial charge in [-0.15, -0.1) is 0 Å². The average Bonchev–Trinajstić information content (AvgIpc) is 2.36. The summed E-state index contributed by atoms with van der Waals surface area (Å²) in [6.07, 6.45) is -4.97. The highest BCUT2D eigenvalue weighted by molar-refractivity contribution is 5.95. The number of carbonyl (C=O) groups is 1. The van der Waals surface area contributed by atoms with E-state index in [4.69, 9.17) is 14.2 Å². The van der Waals surface area contributed by atoms with Gasteiger partial charge in [0.15, 0.2) is 11.5 Å². The van der Waals surface area contributed by atoms with Crippen molar-refractivity contribution < 1.29 is 32.2 Å². The standard InChI is InChI=1S/C11H12F3NO4/c1-17-7-4-6(15-10(16)11(12,13)14)5-8(18-2)9(7)19-3/h4-5H,1-3H3,(H,15,16). The Morgan fingerprint density at radius 1 is 1.05 bits per heavy atom. The lowest BCUT2D eigenvalue weighted by Gasteiger charge is -2.15. The highest BCUT2D eigenvalue weighted by Crippen LogP contribution is 2.40. The highest BCUT2D eigenvalue weighted by atomic mass is 19.4. The Kier molecular flexibility index (Phi) is 4.47. The van der Waals surface area contributed by atoms with Crippen molar-refractivity contribution in [3.63, 3.8) is 0 Å². The van der Waals surface area contributed by atoms with Gasteiger partial charge < -0.3 is 19.5 Å². The first-order chi connectivity index (χ1) is 8.83. The molecule has 1 amide bonds. The molecule has 0 aliphatic heterocycles. The minimum absolute atomic E-state index is 0.114. The van der Waals surface area contributed by atoms with E-state index in [1.54, 1.807) is 5.32 Å². The van der Waals surface area contributed by atoms with Gasteiger partial charge in [0.25, 0.3) is 0 Å². The number of ether oxygens (including phenoxy) is 3. The molecule has 1 aromatic rings. The normalized spacial score (nSPS) is 10.8. The van der Waals surface area contributed by atoms with E-state index in [-0.39, 0.29) is 22.9 Å². The van der Waals surface area contributed by atoms with Crippen LogP contribution in [0.1, 0.15) is 0 Å². The van der Waals surface area contributed by atoms with Gasteiger partial charge in [-0.1, -0.05) is 0 Å². The fourth-order valence-electron chi connectivity index (χ4n) is 1.36. The van der Waals surface area contributed by atoms with Crippen LogP contribution in [0.5, 0.6) is 17.2 Å². The van der Waals surface area contributed by atoms with Crippen LogP contribution in [0.4, 0.5) is 18.9 Å². The molecule has 0 saturated heterocycles. The van der Waals surface area contributed by atoms with Gasteiger partial charge in [0.05, 0.1) is 21.3 Å². The van der Waals surface area contributed by atoms with Gasteiger partial charge >= 0.3 is 12.1 Å². The SMILES string of the molecule is COc1cc(NC(=O)C(F)(F)F)cc(OC)c1OC. The van der Waals surface area contributed by atoms with Crippen molar-refractivity contribution in [3.8, 4) is 17.2 Å². The molecule has 0 heterocycles.